The highest BCUT2D eigenvalue weighted by Crippen LogP contribution is 2.66. The maximum Gasteiger partial charge on any atom is 0.490 e. The molecule has 2 aromatic heterocycles. The van der Waals surface area contributed by atoms with Crippen molar-refractivity contribution in [1.82, 2.24) is 9.97 Å². The van der Waals surface area contributed by atoms with E-state index >= 15 is 0 Å². The molecular weight excluding hydrogens is 531 g/mol. The van der Waals surface area contributed by atoms with E-state index in [4.69, 9.17) is 18.9 Å². The topological polar surface area (TPSA) is 281 Å². The average Bonchev–Trinajstić information content (AvgIpc) is 3.20. The predicted molar refractivity (Wildman–Crippen MR) is 107 cm³/mol. The zero-order chi connectivity index (χ0) is 25.7. The summed E-state index contributed by atoms with van der Waals surface area (Å²) in [6, 6.07) is 1.48. The van der Waals surface area contributed by atoms with Crippen molar-refractivity contribution in [1.29, 1.82) is 0 Å². The number of phosphoric ester groups is 1. The van der Waals surface area contributed by atoms with Gasteiger partial charge in [0.25, 0.3) is 0 Å². The number of anilines is 1. The summed E-state index contributed by atoms with van der Waals surface area (Å²) in [5.41, 5.74) is -1.64. The molecule has 8 N–H and O–H groups in total. The fourth-order valence-electron chi connectivity index (χ4n) is 3.07. The molecule has 1 aliphatic heterocycles. The van der Waals surface area contributed by atoms with Crippen molar-refractivity contribution in [2.45, 2.75) is 37.1 Å². The minimum Gasteiger partial charge on any atom is -0.459 e. The van der Waals surface area contributed by atoms with Crippen LogP contribution in [0.4, 0.5) is 5.82 Å². The molecule has 34 heavy (non-hydrogen) atoms. The summed E-state index contributed by atoms with van der Waals surface area (Å²) < 4.78 is 56.0. The first-order valence-corrected chi connectivity index (χ1v) is 13.5. The van der Waals surface area contributed by atoms with Gasteiger partial charge >= 0.3 is 23.5 Å². The fraction of sp³-hybridized carbons (Fsp3) is 0.538. The molecule has 192 valence electrons. The highest BCUT2D eigenvalue weighted by Gasteiger charge is 2.57. The van der Waals surface area contributed by atoms with Crippen LogP contribution in [0.2, 0.25) is 0 Å². The Hall–Kier alpha value is -1.33. The smallest absolute Gasteiger partial charge is 0.459 e. The van der Waals surface area contributed by atoms with Gasteiger partial charge in [0, 0.05) is 13.1 Å². The molecule has 0 spiro atoms. The van der Waals surface area contributed by atoms with E-state index in [9.17, 15) is 38.8 Å². The van der Waals surface area contributed by atoms with Crippen LogP contribution in [0.3, 0.4) is 0 Å². The summed E-state index contributed by atoms with van der Waals surface area (Å²) >= 11 is 0. The fourth-order valence-corrected chi connectivity index (χ4v) is 6.12. The Kier molecular flexibility index (Phi) is 7.44. The molecule has 7 atom stereocenters. The number of hydrogen-bond donors (Lipinski definition) is 8. The molecule has 3 rings (SSSR count). The molecule has 3 heterocycles. The first-order valence-electron chi connectivity index (χ1n) is 8.95. The van der Waals surface area contributed by atoms with Gasteiger partial charge in [0.2, 0.25) is 0 Å². The summed E-state index contributed by atoms with van der Waals surface area (Å²) in [5.74, 6) is 0.00601. The van der Waals surface area contributed by atoms with E-state index in [0.29, 0.717) is 5.52 Å². The van der Waals surface area contributed by atoms with Gasteiger partial charge in [0.1, 0.15) is 29.4 Å². The lowest BCUT2D eigenvalue weighted by Crippen LogP contribution is -2.46. The lowest BCUT2D eigenvalue weighted by atomic mass is 9.92. The normalized spacial score (nSPS) is 30.1. The van der Waals surface area contributed by atoms with E-state index in [0.717, 1.165) is 6.92 Å². The lowest BCUT2D eigenvalue weighted by molar-refractivity contribution is -0.154. The van der Waals surface area contributed by atoms with Crippen molar-refractivity contribution in [2.75, 3.05) is 12.4 Å². The Morgan fingerprint density at radius 2 is 1.79 bits per heavy atom. The van der Waals surface area contributed by atoms with Crippen LogP contribution in [0.25, 0.3) is 11.1 Å². The van der Waals surface area contributed by atoms with Crippen molar-refractivity contribution >= 4 is 40.4 Å². The van der Waals surface area contributed by atoms with Gasteiger partial charge in [-0.3, -0.25) is 4.52 Å². The van der Waals surface area contributed by atoms with Gasteiger partial charge < -0.3 is 49.4 Å². The highest BCUT2D eigenvalue weighted by molar-refractivity contribution is 7.66. The molecule has 21 heteroatoms. The number of aromatic nitrogens is 2. The number of furan rings is 1. The van der Waals surface area contributed by atoms with Crippen molar-refractivity contribution in [2.24, 2.45) is 0 Å². The van der Waals surface area contributed by atoms with Crippen LogP contribution >= 0.6 is 23.5 Å². The van der Waals surface area contributed by atoms with Crippen molar-refractivity contribution in [3.8, 4) is 0 Å². The molecule has 0 radical (unpaired) electrons. The number of aliphatic hydroxyl groups is 3. The zero-order valence-corrected chi connectivity index (χ0v) is 19.8. The predicted octanol–water partition coefficient (Wildman–Crippen LogP) is -0.522. The number of rotatable bonds is 9. The van der Waals surface area contributed by atoms with E-state index in [2.05, 4.69) is 28.4 Å². The summed E-state index contributed by atoms with van der Waals surface area (Å²) in [6.07, 6.45) is -6.76. The third-order valence-electron chi connectivity index (χ3n) is 4.46. The Morgan fingerprint density at radius 3 is 2.38 bits per heavy atom. The van der Waals surface area contributed by atoms with Crippen LogP contribution in [0.1, 0.15) is 18.9 Å². The number of hydrogen-bond acceptors (Lipinski definition) is 14. The minimum atomic E-state index is -5.85. The zero-order valence-electron chi connectivity index (χ0n) is 17.1. The number of ether oxygens (including phenoxy) is 1. The van der Waals surface area contributed by atoms with Crippen LogP contribution in [-0.4, -0.2) is 76.0 Å². The maximum absolute atomic E-state index is 11.9. The van der Waals surface area contributed by atoms with Crippen LogP contribution in [-0.2, 0) is 31.6 Å². The van der Waals surface area contributed by atoms with Crippen LogP contribution in [0, 0.1) is 0 Å². The van der Waals surface area contributed by atoms with Gasteiger partial charge in [-0.1, -0.05) is 0 Å². The molecule has 1 fully saturated rings. The molecule has 2 aromatic rings. The van der Waals surface area contributed by atoms with Gasteiger partial charge in [-0.05, 0) is 6.92 Å². The quantitative estimate of drug-likeness (QED) is 0.144. The number of fused-ring (bicyclic) bond motifs is 1. The SMILES string of the molecule is CNc1nc(C2O[C@H](C(O)OP(=O)(O)OP(=O)(O)OP(=O)(O)O)[C@@H](O)[C@@]2(C)O)nc2ccoc12. The highest BCUT2D eigenvalue weighted by atomic mass is 31.3. The second-order valence-corrected chi connectivity index (χ2v) is 11.4. The largest absolute Gasteiger partial charge is 0.490 e. The van der Waals surface area contributed by atoms with Crippen LogP contribution in [0.15, 0.2) is 16.7 Å². The minimum absolute atomic E-state index is 0.185. The average molecular weight is 551 g/mol. The molecule has 1 aliphatic rings. The van der Waals surface area contributed by atoms with E-state index in [1.807, 2.05) is 0 Å². The number of nitrogens with one attached hydrogen (secondary N) is 1. The van der Waals surface area contributed by atoms with E-state index in [1.54, 1.807) is 0 Å². The molecule has 18 nitrogen and oxygen atoms in total. The molecule has 1 saturated heterocycles. The maximum atomic E-state index is 11.9. The second-order valence-electron chi connectivity index (χ2n) is 7.05. The van der Waals surface area contributed by atoms with Crippen molar-refractivity contribution in [3.05, 3.63) is 18.2 Å². The first kappa shape index (κ1) is 27.3. The van der Waals surface area contributed by atoms with Crippen LogP contribution in [0.5, 0.6) is 0 Å². The van der Waals surface area contributed by atoms with Gasteiger partial charge in [0.15, 0.2) is 23.5 Å². The number of nitrogens with zero attached hydrogens (tertiary/aromatic N) is 2. The molecule has 4 unspecified atom stereocenters. The third kappa shape index (κ3) is 5.90. The van der Waals surface area contributed by atoms with Crippen LogP contribution < -0.4 is 5.32 Å². The van der Waals surface area contributed by atoms with Gasteiger partial charge in [-0.15, -0.1) is 0 Å². The van der Waals surface area contributed by atoms with E-state index in [1.165, 1.54) is 19.4 Å². The Bertz CT molecular complexity index is 1200. The standard InChI is InChI=1S/C13H20N3O15P3/c1-13(19)8(17)7(12(18)29-33(23,24)31-34(25,26)30-32(20,21)22)28-9(13)11-15-5-3-4-27-6(5)10(14-2)16-11/h3-4,7-9,12,17-19H,1-2H3,(H,23,24)(H,25,26)(H,14,15,16)(H2,20,21,22)/t7-,8+,9?,12?,13+/m0/s1. The van der Waals surface area contributed by atoms with Gasteiger partial charge in [0.05, 0.1) is 6.26 Å². The Morgan fingerprint density at radius 1 is 1.15 bits per heavy atom. The number of phosphoric acid groups is 3. The first-order chi connectivity index (χ1) is 15.5. The summed E-state index contributed by atoms with van der Waals surface area (Å²) in [5, 5.41) is 34.1. The van der Waals surface area contributed by atoms with Crippen molar-refractivity contribution < 1.29 is 70.9 Å². The molecule has 0 amide bonds. The second kappa shape index (κ2) is 9.28. The van der Waals surface area contributed by atoms with E-state index < -0.39 is 53.7 Å². The van der Waals surface area contributed by atoms with Crippen molar-refractivity contribution in [3.63, 3.8) is 0 Å². The van der Waals surface area contributed by atoms with Gasteiger partial charge in [-0.2, -0.15) is 8.62 Å². The van der Waals surface area contributed by atoms with Gasteiger partial charge in [-0.25, -0.2) is 23.7 Å². The Labute approximate surface area is 189 Å². The molecule has 0 aliphatic carbocycles. The molecular formula is C13H20N3O15P3. The third-order valence-corrected chi connectivity index (χ3v) is 8.27. The summed E-state index contributed by atoms with van der Waals surface area (Å²) in [6.45, 7) is 1.09. The van der Waals surface area contributed by atoms with E-state index in [-0.39, 0.29) is 17.2 Å². The molecule has 0 bridgehead atoms. The molecule has 0 saturated carbocycles. The Balaban J connectivity index is 1.81. The molecule has 0 aromatic carbocycles. The number of aliphatic hydroxyl groups excluding tert-OH is 2. The monoisotopic (exact) mass is 551 g/mol. The lowest BCUT2D eigenvalue weighted by Gasteiger charge is -2.26. The summed E-state index contributed by atoms with van der Waals surface area (Å²) in [4.78, 5) is 44.1. The summed E-state index contributed by atoms with van der Waals surface area (Å²) in [7, 11) is -15.7.